The average Bonchev–Trinajstić information content (AvgIpc) is 2.27. The van der Waals surface area contributed by atoms with E-state index in [4.69, 9.17) is 21.4 Å². The monoisotopic (exact) mass is 240 g/mol. The molecule has 16 heavy (non-hydrogen) atoms. The molecule has 0 atom stereocenters. The number of ether oxygens (including phenoxy) is 1. The SMILES string of the molecule is C=C(CC)COc1ccc(Cl)c(C(=O)O)c1. The zero-order valence-corrected chi connectivity index (χ0v) is 9.75. The second kappa shape index (κ2) is 5.56. The van der Waals surface area contributed by atoms with Gasteiger partial charge in [-0.15, -0.1) is 0 Å². The number of rotatable bonds is 5. The summed E-state index contributed by atoms with van der Waals surface area (Å²) in [6.45, 7) is 6.16. The molecule has 1 aromatic rings. The lowest BCUT2D eigenvalue weighted by Crippen LogP contribution is -2.02. The van der Waals surface area contributed by atoms with Crippen LogP contribution in [0.15, 0.2) is 30.4 Å². The van der Waals surface area contributed by atoms with Gasteiger partial charge >= 0.3 is 5.97 Å². The van der Waals surface area contributed by atoms with Crippen LogP contribution in [0.25, 0.3) is 0 Å². The fraction of sp³-hybridized carbons (Fsp3) is 0.250. The standard InChI is InChI=1S/C12H13ClO3/c1-3-8(2)7-16-9-4-5-11(13)10(6-9)12(14)15/h4-6H,2-3,7H2,1H3,(H,14,15). The highest BCUT2D eigenvalue weighted by atomic mass is 35.5. The van der Waals surface area contributed by atoms with E-state index in [9.17, 15) is 4.79 Å². The lowest BCUT2D eigenvalue weighted by molar-refractivity contribution is 0.0696. The molecule has 3 nitrogen and oxygen atoms in total. The summed E-state index contributed by atoms with van der Waals surface area (Å²) in [5.41, 5.74) is 0.994. The van der Waals surface area contributed by atoms with Crippen LogP contribution >= 0.6 is 11.6 Å². The lowest BCUT2D eigenvalue weighted by Gasteiger charge is -2.08. The maximum absolute atomic E-state index is 10.8. The van der Waals surface area contributed by atoms with Crippen molar-refractivity contribution in [3.8, 4) is 5.75 Å². The first-order valence-corrected chi connectivity index (χ1v) is 5.24. The number of carboxylic acids is 1. The molecule has 1 rings (SSSR count). The van der Waals surface area contributed by atoms with Crippen LogP contribution in [0.1, 0.15) is 23.7 Å². The molecule has 0 bridgehead atoms. The number of halogens is 1. The maximum Gasteiger partial charge on any atom is 0.337 e. The van der Waals surface area contributed by atoms with E-state index < -0.39 is 5.97 Å². The first-order chi connectivity index (χ1) is 7.54. The quantitative estimate of drug-likeness (QED) is 0.803. The highest BCUT2D eigenvalue weighted by Gasteiger charge is 2.09. The Morgan fingerprint density at radius 2 is 2.25 bits per heavy atom. The molecule has 86 valence electrons. The molecule has 1 aromatic carbocycles. The predicted molar refractivity (Wildman–Crippen MR) is 63.3 cm³/mol. The Kier molecular flexibility index (Phi) is 4.38. The molecule has 0 aliphatic rings. The normalized spacial score (nSPS) is 9.88. The summed E-state index contributed by atoms with van der Waals surface area (Å²) in [4.78, 5) is 10.8. The van der Waals surface area contributed by atoms with Crippen LogP contribution in [0.2, 0.25) is 5.02 Å². The van der Waals surface area contributed by atoms with Crippen LogP contribution in [-0.2, 0) is 0 Å². The van der Waals surface area contributed by atoms with Crippen LogP contribution in [0.3, 0.4) is 0 Å². The van der Waals surface area contributed by atoms with E-state index in [0.29, 0.717) is 12.4 Å². The first kappa shape index (κ1) is 12.6. The minimum atomic E-state index is -1.07. The largest absolute Gasteiger partial charge is 0.489 e. The number of aromatic carboxylic acids is 1. The van der Waals surface area contributed by atoms with E-state index in [2.05, 4.69) is 6.58 Å². The molecule has 0 amide bonds. The van der Waals surface area contributed by atoms with Crippen molar-refractivity contribution in [1.82, 2.24) is 0 Å². The summed E-state index contributed by atoms with van der Waals surface area (Å²) in [5.74, 6) is -0.582. The van der Waals surface area contributed by atoms with Crippen LogP contribution < -0.4 is 4.74 Å². The molecule has 0 saturated carbocycles. The highest BCUT2D eigenvalue weighted by molar-refractivity contribution is 6.33. The minimum absolute atomic E-state index is 0.0428. The van der Waals surface area contributed by atoms with Crippen LogP contribution in [0.4, 0.5) is 0 Å². The van der Waals surface area contributed by atoms with Crippen molar-refractivity contribution in [2.45, 2.75) is 13.3 Å². The van der Waals surface area contributed by atoms with Gasteiger partial charge in [-0.2, -0.15) is 0 Å². The van der Waals surface area contributed by atoms with Crippen molar-refractivity contribution in [1.29, 1.82) is 0 Å². The van der Waals surface area contributed by atoms with Gasteiger partial charge in [0.15, 0.2) is 0 Å². The van der Waals surface area contributed by atoms with Crippen molar-refractivity contribution < 1.29 is 14.6 Å². The fourth-order valence-corrected chi connectivity index (χ4v) is 1.24. The Morgan fingerprint density at radius 1 is 1.56 bits per heavy atom. The predicted octanol–water partition coefficient (Wildman–Crippen LogP) is 3.38. The van der Waals surface area contributed by atoms with Gasteiger partial charge in [0.05, 0.1) is 10.6 Å². The second-order valence-corrected chi connectivity index (χ2v) is 3.75. The van der Waals surface area contributed by atoms with E-state index in [-0.39, 0.29) is 10.6 Å². The molecule has 4 heteroatoms. The summed E-state index contributed by atoms with van der Waals surface area (Å²) in [5, 5.41) is 9.06. The van der Waals surface area contributed by atoms with Gasteiger partial charge in [0, 0.05) is 0 Å². The van der Waals surface area contributed by atoms with E-state index >= 15 is 0 Å². The Morgan fingerprint density at radius 3 is 2.81 bits per heavy atom. The van der Waals surface area contributed by atoms with Crippen LogP contribution in [0, 0.1) is 0 Å². The Bertz CT molecular complexity index is 413. The zero-order chi connectivity index (χ0) is 12.1. The Hall–Kier alpha value is -1.48. The molecule has 0 fully saturated rings. The van der Waals surface area contributed by atoms with Gasteiger partial charge in [-0.3, -0.25) is 0 Å². The third-order valence-corrected chi connectivity index (χ3v) is 2.44. The summed E-state index contributed by atoms with van der Waals surface area (Å²) in [6.07, 6.45) is 0.833. The maximum atomic E-state index is 10.8. The van der Waals surface area contributed by atoms with Gasteiger partial charge in [-0.1, -0.05) is 25.1 Å². The highest BCUT2D eigenvalue weighted by Crippen LogP contribution is 2.22. The number of carboxylic acid groups (broad SMARTS) is 1. The summed E-state index contributed by atoms with van der Waals surface area (Å²) in [6, 6.07) is 4.56. The van der Waals surface area contributed by atoms with Crippen molar-refractivity contribution in [2.24, 2.45) is 0 Å². The molecular weight excluding hydrogens is 228 g/mol. The number of carbonyl (C=O) groups is 1. The van der Waals surface area contributed by atoms with Gasteiger partial charge in [-0.25, -0.2) is 4.79 Å². The average molecular weight is 241 g/mol. The molecular formula is C12H13ClO3. The third-order valence-electron chi connectivity index (χ3n) is 2.11. The molecule has 0 aliphatic heterocycles. The van der Waals surface area contributed by atoms with Gasteiger partial charge in [-0.05, 0) is 30.2 Å². The fourth-order valence-electron chi connectivity index (χ4n) is 1.05. The van der Waals surface area contributed by atoms with Crippen molar-refractivity contribution >= 4 is 17.6 Å². The summed E-state index contributed by atoms with van der Waals surface area (Å²) in [7, 11) is 0. The topological polar surface area (TPSA) is 46.5 Å². The minimum Gasteiger partial charge on any atom is -0.489 e. The molecule has 0 saturated heterocycles. The molecule has 0 spiro atoms. The van der Waals surface area contributed by atoms with Gasteiger partial charge in [0.1, 0.15) is 12.4 Å². The summed E-state index contributed by atoms with van der Waals surface area (Å²) >= 11 is 5.73. The van der Waals surface area contributed by atoms with Crippen molar-refractivity contribution in [3.63, 3.8) is 0 Å². The molecule has 0 aliphatic carbocycles. The van der Waals surface area contributed by atoms with Crippen molar-refractivity contribution in [3.05, 3.63) is 40.9 Å². The molecule has 0 radical (unpaired) electrons. The molecule has 1 N–H and O–H groups in total. The van der Waals surface area contributed by atoms with E-state index in [1.165, 1.54) is 12.1 Å². The number of hydrogen-bond acceptors (Lipinski definition) is 2. The summed E-state index contributed by atoms with van der Waals surface area (Å²) < 4.78 is 5.38. The van der Waals surface area contributed by atoms with Crippen LogP contribution in [-0.4, -0.2) is 17.7 Å². The number of hydrogen-bond donors (Lipinski definition) is 1. The molecule has 0 aromatic heterocycles. The first-order valence-electron chi connectivity index (χ1n) is 4.87. The Labute approximate surface area is 99.3 Å². The van der Waals surface area contributed by atoms with E-state index in [0.717, 1.165) is 12.0 Å². The molecule has 0 unspecified atom stereocenters. The van der Waals surface area contributed by atoms with Crippen molar-refractivity contribution in [2.75, 3.05) is 6.61 Å². The van der Waals surface area contributed by atoms with E-state index in [1.54, 1.807) is 6.07 Å². The van der Waals surface area contributed by atoms with Crippen LogP contribution in [0.5, 0.6) is 5.75 Å². The van der Waals surface area contributed by atoms with E-state index in [1.807, 2.05) is 6.92 Å². The number of benzene rings is 1. The second-order valence-electron chi connectivity index (χ2n) is 3.34. The lowest BCUT2D eigenvalue weighted by atomic mass is 10.2. The van der Waals surface area contributed by atoms with Gasteiger partial charge in [0.25, 0.3) is 0 Å². The van der Waals surface area contributed by atoms with Gasteiger partial charge < -0.3 is 9.84 Å². The smallest absolute Gasteiger partial charge is 0.337 e. The third kappa shape index (κ3) is 3.28. The Balaban J connectivity index is 2.79. The van der Waals surface area contributed by atoms with Gasteiger partial charge in [0.2, 0.25) is 0 Å². The zero-order valence-electron chi connectivity index (χ0n) is 9.00. The molecule has 0 heterocycles.